The van der Waals surface area contributed by atoms with Crippen LogP contribution in [0.5, 0.6) is 0 Å². The molecule has 0 spiro atoms. The molecule has 0 N–H and O–H groups in total. The van der Waals surface area contributed by atoms with Gasteiger partial charge in [-0.2, -0.15) is 0 Å². The van der Waals surface area contributed by atoms with E-state index >= 15 is 0 Å². The summed E-state index contributed by atoms with van der Waals surface area (Å²) >= 11 is 3.45. The van der Waals surface area contributed by atoms with Gasteiger partial charge in [-0.1, -0.05) is 40.9 Å². The maximum absolute atomic E-state index is 12.3. The van der Waals surface area contributed by atoms with E-state index < -0.39 is 0 Å². The maximum Gasteiger partial charge on any atom is 0.223 e. The molecule has 1 aromatic heterocycles. The highest BCUT2D eigenvalue weighted by Gasteiger charge is 2.16. The Labute approximate surface area is 145 Å². The van der Waals surface area contributed by atoms with Crippen molar-refractivity contribution >= 4 is 21.8 Å². The number of rotatable bonds is 4. The van der Waals surface area contributed by atoms with Crippen molar-refractivity contribution in [1.82, 2.24) is 9.88 Å². The summed E-state index contributed by atoms with van der Waals surface area (Å²) in [5.74, 6) is 1.58. The van der Waals surface area contributed by atoms with E-state index in [2.05, 4.69) is 20.9 Å². The third kappa shape index (κ3) is 4.44. The van der Waals surface area contributed by atoms with Gasteiger partial charge in [-0.15, -0.1) is 0 Å². The normalized spacial score (nSPS) is 15.4. The maximum atomic E-state index is 12.3. The molecule has 0 radical (unpaired) electrons. The molecule has 0 saturated carbocycles. The van der Waals surface area contributed by atoms with Crippen LogP contribution < -0.4 is 0 Å². The van der Waals surface area contributed by atoms with Crippen molar-refractivity contribution in [2.45, 2.75) is 38.5 Å². The summed E-state index contributed by atoms with van der Waals surface area (Å²) in [4.78, 5) is 18.6. The first kappa shape index (κ1) is 16.2. The lowest BCUT2D eigenvalue weighted by molar-refractivity contribution is -0.131. The van der Waals surface area contributed by atoms with Gasteiger partial charge in [0.05, 0.1) is 6.20 Å². The fourth-order valence-electron chi connectivity index (χ4n) is 2.89. The molecule has 3 rings (SSSR count). The molecule has 4 nitrogen and oxygen atoms in total. The largest absolute Gasteiger partial charge is 0.441 e. The molecule has 0 aliphatic carbocycles. The smallest absolute Gasteiger partial charge is 0.223 e. The summed E-state index contributed by atoms with van der Waals surface area (Å²) in [5.41, 5.74) is 0.983. The number of likely N-dealkylation sites (tertiary alicyclic amines) is 1. The van der Waals surface area contributed by atoms with E-state index in [9.17, 15) is 4.79 Å². The van der Waals surface area contributed by atoms with Gasteiger partial charge >= 0.3 is 0 Å². The van der Waals surface area contributed by atoms with E-state index in [1.807, 2.05) is 29.2 Å². The molecule has 5 heteroatoms. The molecule has 0 unspecified atom stereocenters. The van der Waals surface area contributed by atoms with Crippen LogP contribution in [0, 0.1) is 0 Å². The van der Waals surface area contributed by atoms with Crippen LogP contribution in [0.1, 0.15) is 38.0 Å². The van der Waals surface area contributed by atoms with Crippen molar-refractivity contribution < 1.29 is 9.21 Å². The van der Waals surface area contributed by atoms with Crippen molar-refractivity contribution in [2.24, 2.45) is 0 Å². The summed E-state index contributed by atoms with van der Waals surface area (Å²) < 4.78 is 6.79. The first-order chi connectivity index (χ1) is 11.2. The summed E-state index contributed by atoms with van der Waals surface area (Å²) in [6.45, 7) is 1.79. The minimum Gasteiger partial charge on any atom is -0.441 e. The van der Waals surface area contributed by atoms with E-state index in [0.717, 1.165) is 41.7 Å². The van der Waals surface area contributed by atoms with Crippen LogP contribution in [0.4, 0.5) is 0 Å². The third-order valence-electron chi connectivity index (χ3n) is 4.17. The van der Waals surface area contributed by atoms with E-state index in [0.29, 0.717) is 18.7 Å². The highest BCUT2D eigenvalue weighted by Crippen LogP contribution is 2.24. The number of oxazole rings is 1. The number of aryl methyl sites for hydroxylation is 1. The molecule has 2 heterocycles. The standard InChI is InChI=1S/C18H21BrN2O2/c19-15-7-5-6-14(12-15)16-13-20-17(23-16)8-9-18(22)21-10-3-1-2-4-11-21/h5-7,12-13H,1-4,8-11H2. The summed E-state index contributed by atoms with van der Waals surface area (Å²) in [7, 11) is 0. The van der Waals surface area contributed by atoms with Crippen LogP contribution in [0.15, 0.2) is 39.4 Å². The molecular weight excluding hydrogens is 356 g/mol. The predicted octanol–water partition coefficient (Wildman–Crippen LogP) is 4.44. The zero-order chi connectivity index (χ0) is 16.1. The number of hydrogen-bond acceptors (Lipinski definition) is 3. The lowest BCUT2D eigenvalue weighted by atomic mass is 10.2. The fourth-order valence-corrected chi connectivity index (χ4v) is 3.29. The van der Waals surface area contributed by atoms with E-state index in [-0.39, 0.29) is 5.91 Å². The van der Waals surface area contributed by atoms with Gasteiger partial charge in [0.2, 0.25) is 5.91 Å². The molecule has 1 aromatic carbocycles. The van der Waals surface area contributed by atoms with Crippen molar-refractivity contribution in [3.63, 3.8) is 0 Å². The molecule has 1 saturated heterocycles. The lowest BCUT2D eigenvalue weighted by Gasteiger charge is -2.19. The molecule has 1 aliphatic heterocycles. The van der Waals surface area contributed by atoms with Gasteiger partial charge in [0.15, 0.2) is 11.7 Å². The van der Waals surface area contributed by atoms with E-state index in [4.69, 9.17) is 4.42 Å². The Kier molecular flexibility index (Phi) is 5.49. The topological polar surface area (TPSA) is 46.3 Å². The number of carbonyl (C=O) groups is 1. The highest BCUT2D eigenvalue weighted by atomic mass is 79.9. The molecule has 1 amide bonds. The molecular formula is C18H21BrN2O2. The van der Waals surface area contributed by atoms with Gasteiger partial charge in [-0.3, -0.25) is 4.79 Å². The monoisotopic (exact) mass is 376 g/mol. The van der Waals surface area contributed by atoms with E-state index in [1.165, 1.54) is 12.8 Å². The first-order valence-corrected chi connectivity index (χ1v) is 9.00. The van der Waals surface area contributed by atoms with Crippen LogP contribution in [-0.2, 0) is 11.2 Å². The van der Waals surface area contributed by atoms with Crippen LogP contribution in [0.25, 0.3) is 11.3 Å². The number of nitrogens with zero attached hydrogens (tertiary/aromatic N) is 2. The van der Waals surface area contributed by atoms with Crippen molar-refractivity contribution in [2.75, 3.05) is 13.1 Å². The van der Waals surface area contributed by atoms with Crippen LogP contribution >= 0.6 is 15.9 Å². The van der Waals surface area contributed by atoms with Gasteiger partial charge in [0.1, 0.15) is 0 Å². The Morgan fingerprint density at radius 2 is 2.00 bits per heavy atom. The van der Waals surface area contributed by atoms with Crippen LogP contribution in [0.3, 0.4) is 0 Å². The number of halogens is 1. The average Bonchev–Trinajstić information content (AvgIpc) is 2.86. The van der Waals surface area contributed by atoms with Crippen molar-refractivity contribution in [3.8, 4) is 11.3 Å². The number of amides is 1. The molecule has 1 aliphatic rings. The fraction of sp³-hybridized carbons (Fsp3) is 0.444. The number of hydrogen-bond donors (Lipinski definition) is 0. The molecule has 0 bridgehead atoms. The predicted molar refractivity (Wildman–Crippen MR) is 93.0 cm³/mol. The molecule has 0 atom stereocenters. The van der Waals surface area contributed by atoms with Crippen LogP contribution in [0.2, 0.25) is 0 Å². The minimum absolute atomic E-state index is 0.217. The summed E-state index contributed by atoms with van der Waals surface area (Å²) in [5, 5.41) is 0. The molecule has 23 heavy (non-hydrogen) atoms. The average molecular weight is 377 g/mol. The Bertz CT molecular complexity index is 661. The minimum atomic E-state index is 0.217. The van der Waals surface area contributed by atoms with Crippen molar-refractivity contribution in [3.05, 3.63) is 40.8 Å². The summed E-state index contributed by atoms with van der Waals surface area (Å²) in [6, 6.07) is 7.91. The quantitative estimate of drug-likeness (QED) is 0.792. The lowest BCUT2D eigenvalue weighted by Crippen LogP contribution is -2.31. The van der Waals surface area contributed by atoms with Gasteiger partial charge < -0.3 is 9.32 Å². The van der Waals surface area contributed by atoms with Gasteiger partial charge in [-0.25, -0.2) is 4.98 Å². The molecule has 2 aromatic rings. The van der Waals surface area contributed by atoms with Gasteiger partial charge in [0.25, 0.3) is 0 Å². The second-order valence-electron chi connectivity index (χ2n) is 5.92. The zero-order valence-electron chi connectivity index (χ0n) is 13.1. The van der Waals surface area contributed by atoms with Crippen LogP contribution in [-0.4, -0.2) is 28.9 Å². The first-order valence-electron chi connectivity index (χ1n) is 8.21. The number of carbonyl (C=O) groups excluding carboxylic acids is 1. The van der Waals surface area contributed by atoms with Gasteiger partial charge in [0, 0.05) is 36.0 Å². The highest BCUT2D eigenvalue weighted by molar-refractivity contribution is 9.10. The Morgan fingerprint density at radius 1 is 1.22 bits per heavy atom. The Morgan fingerprint density at radius 3 is 2.74 bits per heavy atom. The van der Waals surface area contributed by atoms with E-state index in [1.54, 1.807) is 6.20 Å². The second kappa shape index (κ2) is 7.77. The number of benzene rings is 1. The van der Waals surface area contributed by atoms with Gasteiger partial charge in [-0.05, 0) is 25.0 Å². The SMILES string of the molecule is O=C(CCc1ncc(-c2cccc(Br)c2)o1)N1CCCCCC1. The molecule has 122 valence electrons. The molecule has 1 fully saturated rings. The summed E-state index contributed by atoms with van der Waals surface area (Å²) in [6.07, 6.45) is 7.48. The van der Waals surface area contributed by atoms with Crippen molar-refractivity contribution in [1.29, 1.82) is 0 Å². The third-order valence-corrected chi connectivity index (χ3v) is 4.67. The Balaban J connectivity index is 1.57. The number of aromatic nitrogens is 1. The zero-order valence-corrected chi connectivity index (χ0v) is 14.7. The second-order valence-corrected chi connectivity index (χ2v) is 6.84. The Hall–Kier alpha value is -1.62.